The average Bonchev–Trinajstić information content (AvgIpc) is 2.28. The minimum atomic E-state index is -4.64. The predicted molar refractivity (Wildman–Crippen MR) is 61.8 cm³/mol. The Balaban J connectivity index is 3.07. The zero-order valence-electron chi connectivity index (χ0n) is 10.4. The van der Waals surface area contributed by atoms with E-state index in [0.29, 0.717) is 6.07 Å². The number of halogens is 3. The van der Waals surface area contributed by atoms with Crippen LogP contribution in [0.2, 0.25) is 0 Å². The quantitative estimate of drug-likeness (QED) is 0.743. The largest absolute Gasteiger partial charge is 0.530 e. The van der Waals surface area contributed by atoms with Gasteiger partial charge in [0.2, 0.25) is 0 Å². The summed E-state index contributed by atoms with van der Waals surface area (Å²) in [5.74, 6) is -0.614. The van der Waals surface area contributed by atoms with Crippen LogP contribution in [0.4, 0.5) is 13.2 Å². The second-order valence-electron chi connectivity index (χ2n) is 3.29. The van der Waals surface area contributed by atoms with Crippen molar-refractivity contribution in [3.05, 3.63) is 29.8 Å². The SMILES string of the molecule is CCOP(=O)(OCC)Oc1cc[c]cc1C(F)(F)F. The number of hydrogen-bond donors (Lipinski definition) is 0. The number of phosphoric acid groups is 1. The van der Waals surface area contributed by atoms with Gasteiger partial charge in [0.05, 0.1) is 18.8 Å². The van der Waals surface area contributed by atoms with Crippen LogP contribution in [-0.2, 0) is 19.8 Å². The van der Waals surface area contributed by atoms with E-state index in [1.165, 1.54) is 19.9 Å². The highest BCUT2D eigenvalue weighted by molar-refractivity contribution is 7.48. The van der Waals surface area contributed by atoms with Gasteiger partial charge < -0.3 is 4.52 Å². The van der Waals surface area contributed by atoms with Gasteiger partial charge in [0.25, 0.3) is 0 Å². The molecule has 1 rings (SSSR count). The fraction of sp³-hybridized carbons (Fsp3) is 0.455. The van der Waals surface area contributed by atoms with Crippen LogP contribution >= 0.6 is 7.82 Å². The maximum atomic E-state index is 12.7. The van der Waals surface area contributed by atoms with Crippen LogP contribution in [0.25, 0.3) is 0 Å². The van der Waals surface area contributed by atoms with Gasteiger partial charge in [-0.1, -0.05) is 6.07 Å². The summed E-state index contributed by atoms with van der Waals surface area (Å²) in [6.07, 6.45) is -4.64. The minimum Gasteiger partial charge on any atom is -0.403 e. The number of hydrogen-bond acceptors (Lipinski definition) is 4. The summed E-state index contributed by atoms with van der Waals surface area (Å²) in [7, 11) is -4.05. The maximum Gasteiger partial charge on any atom is 0.530 e. The molecule has 0 atom stereocenters. The Morgan fingerprint density at radius 3 is 2.32 bits per heavy atom. The summed E-state index contributed by atoms with van der Waals surface area (Å²) < 4.78 is 64.6. The lowest BCUT2D eigenvalue weighted by Crippen LogP contribution is -2.09. The molecule has 0 unspecified atom stereocenters. The normalized spacial score (nSPS) is 12.5. The van der Waals surface area contributed by atoms with Gasteiger partial charge in [-0.15, -0.1) is 0 Å². The fourth-order valence-corrected chi connectivity index (χ4v) is 2.46. The molecule has 0 aliphatic carbocycles. The van der Waals surface area contributed by atoms with Gasteiger partial charge in [0.1, 0.15) is 5.75 Å². The van der Waals surface area contributed by atoms with Gasteiger partial charge in [0, 0.05) is 0 Å². The number of benzene rings is 1. The summed E-state index contributed by atoms with van der Waals surface area (Å²) in [5.41, 5.74) is -1.09. The zero-order chi connectivity index (χ0) is 14.5. The van der Waals surface area contributed by atoms with E-state index in [1.807, 2.05) is 0 Å². The molecule has 0 aliphatic rings. The van der Waals surface area contributed by atoms with Gasteiger partial charge in [-0.3, -0.25) is 9.05 Å². The lowest BCUT2D eigenvalue weighted by Gasteiger charge is -2.19. The third-order valence-corrected chi connectivity index (χ3v) is 3.48. The standard InChI is InChI=1S/C11H13F3O4P/c1-3-16-19(15,17-4-2)18-10-8-6-5-7-9(10)11(12,13)14/h6-8H,3-4H2,1-2H3. The smallest absolute Gasteiger partial charge is 0.403 e. The molecule has 0 amide bonds. The van der Waals surface area contributed by atoms with Crippen LogP contribution in [0.3, 0.4) is 0 Å². The molecule has 0 aromatic heterocycles. The van der Waals surface area contributed by atoms with Crippen LogP contribution in [0.1, 0.15) is 19.4 Å². The molecule has 0 heterocycles. The van der Waals surface area contributed by atoms with Crippen molar-refractivity contribution >= 4 is 7.82 Å². The Kier molecular flexibility index (Phi) is 5.40. The van der Waals surface area contributed by atoms with Gasteiger partial charge >= 0.3 is 14.0 Å². The molecule has 0 saturated heterocycles. The second kappa shape index (κ2) is 6.41. The number of rotatable bonds is 6. The van der Waals surface area contributed by atoms with Crippen LogP contribution in [-0.4, -0.2) is 13.2 Å². The van der Waals surface area contributed by atoms with Crippen LogP contribution in [0.15, 0.2) is 18.2 Å². The molecular formula is C11H13F3O4P. The van der Waals surface area contributed by atoms with Gasteiger partial charge in [-0.25, -0.2) is 4.57 Å². The van der Waals surface area contributed by atoms with E-state index in [-0.39, 0.29) is 13.2 Å². The molecule has 0 N–H and O–H groups in total. The van der Waals surface area contributed by atoms with Crippen molar-refractivity contribution in [1.82, 2.24) is 0 Å². The first-order valence-corrected chi connectivity index (χ1v) is 6.94. The molecule has 1 aromatic rings. The van der Waals surface area contributed by atoms with Crippen molar-refractivity contribution in [3.63, 3.8) is 0 Å². The minimum absolute atomic E-state index is 0.0163. The summed E-state index contributed by atoms with van der Waals surface area (Å²) >= 11 is 0. The van der Waals surface area contributed by atoms with Crippen molar-refractivity contribution in [2.45, 2.75) is 20.0 Å². The third-order valence-electron chi connectivity index (χ3n) is 1.91. The van der Waals surface area contributed by atoms with E-state index in [2.05, 4.69) is 6.07 Å². The monoisotopic (exact) mass is 297 g/mol. The Bertz CT molecular complexity index is 451. The second-order valence-corrected chi connectivity index (χ2v) is 4.89. The van der Waals surface area contributed by atoms with E-state index < -0.39 is 25.3 Å². The summed E-state index contributed by atoms with van der Waals surface area (Å²) in [4.78, 5) is 0. The van der Waals surface area contributed by atoms with Crippen LogP contribution < -0.4 is 4.52 Å². The Morgan fingerprint density at radius 2 is 1.84 bits per heavy atom. The lowest BCUT2D eigenvalue weighted by molar-refractivity contribution is -0.138. The molecule has 107 valence electrons. The molecular weight excluding hydrogens is 284 g/mol. The van der Waals surface area contributed by atoms with Gasteiger partial charge in [-0.2, -0.15) is 13.2 Å². The van der Waals surface area contributed by atoms with E-state index in [9.17, 15) is 17.7 Å². The molecule has 19 heavy (non-hydrogen) atoms. The molecule has 0 saturated carbocycles. The van der Waals surface area contributed by atoms with E-state index in [0.717, 1.165) is 6.07 Å². The van der Waals surface area contributed by atoms with Crippen molar-refractivity contribution in [2.24, 2.45) is 0 Å². The molecule has 0 bridgehead atoms. The summed E-state index contributed by atoms with van der Waals surface area (Å²) in [6, 6.07) is 5.21. The van der Waals surface area contributed by atoms with Crippen LogP contribution in [0.5, 0.6) is 5.75 Å². The number of alkyl halides is 3. The molecule has 0 spiro atoms. The van der Waals surface area contributed by atoms with Gasteiger partial charge in [0.15, 0.2) is 0 Å². The highest BCUT2D eigenvalue weighted by Crippen LogP contribution is 2.51. The van der Waals surface area contributed by atoms with E-state index >= 15 is 0 Å². The van der Waals surface area contributed by atoms with E-state index in [1.54, 1.807) is 0 Å². The Labute approximate surface area is 109 Å². The lowest BCUT2D eigenvalue weighted by atomic mass is 10.2. The van der Waals surface area contributed by atoms with Crippen LogP contribution in [0, 0.1) is 6.07 Å². The summed E-state index contributed by atoms with van der Waals surface area (Å²) in [6.45, 7) is 3.02. The molecule has 1 aromatic carbocycles. The number of phosphoric ester groups is 1. The first-order chi connectivity index (χ1) is 8.82. The molecule has 0 aliphatic heterocycles. The Hall–Kier alpha value is -1.04. The fourth-order valence-electron chi connectivity index (χ4n) is 1.24. The molecule has 1 radical (unpaired) electrons. The first-order valence-electron chi connectivity index (χ1n) is 5.48. The maximum absolute atomic E-state index is 12.7. The molecule has 0 fully saturated rings. The highest BCUT2D eigenvalue weighted by atomic mass is 31.2. The third kappa shape index (κ3) is 4.53. The highest BCUT2D eigenvalue weighted by Gasteiger charge is 2.37. The topological polar surface area (TPSA) is 44.8 Å². The Morgan fingerprint density at radius 1 is 1.26 bits per heavy atom. The van der Waals surface area contributed by atoms with Crippen molar-refractivity contribution in [3.8, 4) is 5.75 Å². The summed E-state index contributed by atoms with van der Waals surface area (Å²) in [5, 5.41) is 0. The zero-order valence-corrected chi connectivity index (χ0v) is 11.3. The molecule has 4 nitrogen and oxygen atoms in total. The molecule has 8 heteroatoms. The van der Waals surface area contributed by atoms with E-state index in [4.69, 9.17) is 13.6 Å². The van der Waals surface area contributed by atoms with Crippen molar-refractivity contribution < 1.29 is 31.3 Å². The average molecular weight is 297 g/mol. The predicted octanol–water partition coefficient (Wildman–Crippen LogP) is 4.07. The van der Waals surface area contributed by atoms with Gasteiger partial charge in [-0.05, 0) is 32.0 Å². The van der Waals surface area contributed by atoms with Crippen molar-refractivity contribution in [1.29, 1.82) is 0 Å². The first kappa shape index (κ1) is 16.0. The van der Waals surface area contributed by atoms with Crippen molar-refractivity contribution in [2.75, 3.05) is 13.2 Å².